The van der Waals surface area contributed by atoms with Gasteiger partial charge in [0.15, 0.2) is 0 Å². The summed E-state index contributed by atoms with van der Waals surface area (Å²) in [6, 6.07) is 11.7. The normalized spacial score (nSPS) is 12.0. The Labute approximate surface area is 135 Å². The van der Waals surface area contributed by atoms with Crippen LogP contribution in [0.3, 0.4) is 0 Å². The summed E-state index contributed by atoms with van der Waals surface area (Å²) in [7, 11) is 1.97. The molecule has 0 amide bonds. The molecule has 0 aliphatic heterocycles. The Balaban J connectivity index is 2.44. The van der Waals surface area contributed by atoms with Crippen molar-refractivity contribution in [3.05, 3.63) is 58.2 Å². The zero-order valence-electron chi connectivity index (χ0n) is 12.3. The minimum absolute atomic E-state index is 0.0566. The molecule has 0 saturated heterocycles. The lowest BCUT2D eigenvalue weighted by atomic mass is 10.1. The van der Waals surface area contributed by atoms with Crippen LogP contribution in [0.25, 0.3) is 0 Å². The van der Waals surface area contributed by atoms with E-state index in [0.29, 0.717) is 4.99 Å². The first kappa shape index (κ1) is 15.7. The lowest BCUT2D eigenvalue weighted by molar-refractivity contribution is 0.727. The molecule has 5 heteroatoms. The molecule has 0 aliphatic rings. The maximum Gasteiger partial charge on any atom is 0.139 e. The molecule has 0 aliphatic carbocycles. The van der Waals surface area contributed by atoms with Crippen LogP contribution in [0, 0.1) is 6.92 Å². The van der Waals surface area contributed by atoms with Gasteiger partial charge in [-0.1, -0.05) is 42.0 Å². The Kier molecular flexibility index (Phi) is 4.80. The van der Waals surface area contributed by atoms with E-state index < -0.39 is 0 Å². The van der Waals surface area contributed by atoms with Crippen molar-refractivity contribution < 1.29 is 0 Å². The molecule has 0 saturated carbocycles. The Hall–Kier alpha value is -1.65. The van der Waals surface area contributed by atoms with Gasteiger partial charge < -0.3 is 10.6 Å². The average molecular weight is 320 g/mol. The van der Waals surface area contributed by atoms with Gasteiger partial charge in [0.05, 0.1) is 11.6 Å². The molecule has 1 aromatic heterocycles. The lowest BCUT2D eigenvalue weighted by Crippen LogP contribution is -2.26. The summed E-state index contributed by atoms with van der Waals surface area (Å²) in [6.45, 7) is 4.02. The number of benzene rings is 1. The number of nitrogens with zero attached hydrogens (tertiary/aromatic N) is 2. The topological polar surface area (TPSA) is 42.1 Å². The van der Waals surface area contributed by atoms with Gasteiger partial charge in [0.2, 0.25) is 0 Å². The fourth-order valence-electron chi connectivity index (χ4n) is 2.21. The van der Waals surface area contributed by atoms with Gasteiger partial charge in [-0.3, -0.25) is 0 Å². The standard InChI is InChI=1S/C16H18ClN3S/c1-10-8-9-13(15(18)21)16(19-10)20(3)11(2)12-6-4-5-7-14(12)17/h4-9,11H,1-3H3,(H2,18,21). The monoisotopic (exact) mass is 319 g/mol. The highest BCUT2D eigenvalue weighted by atomic mass is 35.5. The third kappa shape index (κ3) is 3.34. The molecule has 110 valence electrons. The van der Waals surface area contributed by atoms with Crippen LogP contribution < -0.4 is 10.6 Å². The summed E-state index contributed by atoms with van der Waals surface area (Å²) in [5, 5.41) is 0.737. The second-order valence-electron chi connectivity index (χ2n) is 5.00. The number of thiocarbonyl (C=S) groups is 1. The quantitative estimate of drug-likeness (QED) is 0.869. The molecule has 2 N–H and O–H groups in total. The molecule has 0 radical (unpaired) electrons. The summed E-state index contributed by atoms with van der Waals surface area (Å²) >= 11 is 11.4. The zero-order valence-corrected chi connectivity index (χ0v) is 13.9. The maximum atomic E-state index is 6.29. The molecule has 0 fully saturated rings. The van der Waals surface area contributed by atoms with E-state index in [1.165, 1.54) is 0 Å². The second kappa shape index (κ2) is 6.41. The Bertz CT molecular complexity index is 672. The summed E-state index contributed by atoms with van der Waals surface area (Å²) in [4.78, 5) is 6.97. The smallest absolute Gasteiger partial charge is 0.139 e. The highest BCUT2D eigenvalue weighted by Crippen LogP contribution is 2.30. The molecule has 21 heavy (non-hydrogen) atoms. The van der Waals surface area contributed by atoms with E-state index >= 15 is 0 Å². The number of rotatable bonds is 4. The third-order valence-corrected chi connectivity index (χ3v) is 4.11. The third-order valence-electron chi connectivity index (χ3n) is 3.55. The van der Waals surface area contributed by atoms with Crippen molar-refractivity contribution in [3.8, 4) is 0 Å². The van der Waals surface area contributed by atoms with Crippen LogP contribution in [-0.2, 0) is 0 Å². The number of pyridine rings is 1. The summed E-state index contributed by atoms with van der Waals surface area (Å²) in [5.41, 5.74) is 8.55. The fourth-order valence-corrected chi connectivity index (χ4v) is 2.66. The first-order chi connectivity index (χ1) is 9.91. The van der Waals surface area contributed by atoms with Gasteiger partial charge in [0.25, 0.3) is 0 Å². The van der Waals surface area contributed by atoms with Crippen molar-refractivity contribution in [2.75, 3.05) is 11.9 Å². The van der Waals surface area contributed by atoms with E-state index in [2.05, 4.69) is 11.9 Å². The summed E-state index contributed by atoms with van der Waals surface area (Å²) in [6.07, 6.45) is 0. The number of anilines is 1. The number of hydrogen-bond donors (Lipinski definition) is 1. The molecule has 0 bridgehead atoms. The molecule has 1 atom stereocenters. The Morgan fingerprint density at radius 1 is 1.29 bits per heavy atom. The van der Waals surface area contributed by atoms with Gasteiger partial charge in [-0.2, -0.15) is 0 Å². The van der Waals surface area contributed by atoms with Crippen LogP contribution in [0.15, 0.2) is 36.4 Å². The molecule has 0 spiro atoms. The van der Waals surface area contributed by atoms with E-state index in [4.69, 9.17) is 29.6 Å². The van der Waals surface area contributed by atoms with Crippen LogP contribution in [-0.4, -0.2) is 17.0 Å². The van der Waals surface area contributed by atoms with Gasteiger partial charge in [-0.15, -0.1) is 0 Å². The molecule has 2 aromatic rings. The Morgan fingerprint density at radius 2 is 1.95 bits per heavy atom. The van der Waals surface area contributed by atoms with Crippen molar-refractivity contribution in [1.29, 1.82) is 0 Å². The number of aryl methyl sites for hydroxylation is 1. The average Bonchev–Trinajstić information content (AvgIpc) is 2.45. The van der Waals surface area contributed by atoms with Gasteiger partial charge >= 0.3 is 0 Å². The minimum Gasteiger partial charge on any atom is -0.389 e. The van der Waals surface area contributed by atoms with Crippen molar-refractivity contribution in [2.45, 2.75) is 19.9 Å². The number of hydrogen-bond acceptors (Lipinski definition) is 3. The van der Waals surface area contributed by atoms with Crippen LogP contribution in [0.4, 0.5) is 5.82 Å². The first-order valence-corrected chi connectivity index (χ1v) is 7.45. The summed E-state index contributed by atoms with van der Waals surface area (Å²) in [5.74, 6) is 0.773. The van der Waals surface area contributed by atoms with Gasteiger partial charge in [-0.25, -0.2) is 4.98 Å². The maximum absolute atomic E-state index is 6.29. The lowest BCUT2D eigenvalue weighted by Gasteiger charge is -2.29. The van der Waals surface area contributed by atoms with Gasteiger partial charge in [0.1, 0.15) is 10.8 Å². The van der Waals surface area contributed by atoms with Crippen molar-refractivity contribution in [2.24, 2.45) is 5.73 Å². The highest BCUT2D eigenvalue weighted by molar-refractivity contribution is 7.80. The number of aromatic nitrogens is 1. The van der Waals surface area contributed by atoms with E-state index in [-0.39, 0.29) is 6.04 Å². The fraction of sp³-hybridized carbons (Fsp3) is 0.250. The van der Waals surface area contributed by atoms with Crippen LogP contribution in [0.5, 0.6) is 0 Å². The molecular formula is C16H18ClN3S. The van der Waals surface area contributed by atoms with Crippen molar-refractivity contribution in [3.63, 3.8) is 0 Å². The van der Waals surface area contributed by atoms with Crippen LogP contribution in [0.1, 0.15) is 29.8 Å². The van der Waals surface area contributed by atoms with Crippen molar-refractivity contribution >= 4 is 34.6 Å². The predicted octanol–water partition coefficient (Wildman–Crippen LogP) is 3.88. The van der Waals surface area contributed by atoms with Crippen molar-refractivity contribution in [1.82, 2.24) is 4.98 Å². The summed E-state index contributed by atoms with van der Waals surface area (Å²) < 4.78 is 0. The van der Waals surface area contributed by atoms with Gasteiger partial charge in [-0.05, 0) is 37.6 Å². The molecule has 1 unspecified atom stereocenters. The largest absolute Gasteiger partial charge is 0.389 e. The van der Waals surface area contributed by atoms with E-state index in [0.717, 1.165) is 27.7 Å². The van der Waals surface area contributed by atoms with E-state index in [1.54, 1.807) is 0 Å². The molecule has 1 aromatic carbocycles. The van der Waals surface area contributed by atoms with Crippen LogP contribution >= 0.6 is 23.8 Å². The second-order valence-corrected chi connectivity index (χ2v) is 5.84. The van der Waals surface area contributed by atoms with Crippen LogP contribution in [0.2, 0.25) is 5.02 Å². The Morgan fingerprint density at radius 3 is 2.57 bits per heavy atom. The van der Waals surface area contributed by atoms with Gasteiger partial charge in [0, 0.05) is 17.8 Å². The van der Waals surface area contributed by atoms with E-state index in [1.807, 2.05) is 55.3 Å². The molecule has 3 nitrogen and oxygen atoms in total. The molecule has 1 heterocycles. The SMILES string of the molecule is Cc1ccc(C(N)=S)c(N(C)C(C)c2ccccc2Cl)n1. The highest BCUT2D eigenvalue weighted by Gasteiger charge is 2.19. The van der Waals surface area contributed by atoms with E-state index in [9.17, 15) is 0 Å². The molecular weight excluding hydrogens is 302 g/mol. The minimum atomic E-state index is 0.0566. The first-order valence-electron chi connectivity index (χ1n) is 6.66. The number of halogens is 1. The predicted molar refractivity (Wildman–Crippen MR) is 93.1 cm³/mol. The zero-order chi connectivity index (χ0) is 15.6. The number of nitrogens with two attached hydrogens (primary N) is 1. The molecule has 2 rings (SSSR count).